The van der Waals surface area contributed by atoms with Crippen LogP contribution >= 0.6 is 0 Å². The van der Waals surface area contributed by atoms with Gasteiger partial charge in [0.2, 0.25) is 5.91 Å². The summed E-state index contributed by atoms with van der Waals surface area (Å²) in [7, 11) is 1.69. The molecule has 2 aliphatic heterocycles. The second-order valence-corrected chi connectivity index (χ2v) is 11.0. The van der Waals surface area contributed by atoms with Crippen molar-refractivity contribution in [1.29, 1.82) is 0 Å². The SMILES string of the molecule is CNC(=O)[C@@H]1C=C2CC(=O)CC[C@]2(C)[C@@]23O[C@@H]2C[C@@]2(C)C(CC[C@@]24CCC(=O)O4)C13. The number of nitrogens with one attached hydrogen (secondary N) is 1. The minimum absolute atomic E-state index is 0.00909. The molecule has 0 aromatic rings. The van der Waals surface area contributed by atoms with Crippen LogP contribution in [-0.4, -0.2) is 42.0 Å². The molecular formula is C24H31NO5. The van der Waals surface area contributed by atoms with Crippen molar-refractivity contribution in [3.8, 4) is 0 Å². The molecule has 30 heavy (non-hydrogen) atoms. The number of hydrogen-bond acceptors (Lipinski definition) is 5. The van der Waals surface area contributed by atoms with Gasteiger partial charge < -0.3 is 14.8 Å². The highest BCUT2D eigenvalue weighted by atomic mass is 16.6. The van der Waals surface area contributed by atoms with E-state index in [2.05, 4.69) is 25.2 Å². The Balaban J connectivity index is 1.50. The zero-order chi connectivity index (χ0) is 21.1. The van der Waals surface area contributed by atoms with Gasteiger partial charge in [0.25, 0.3) is 0 Å². The lowest BCUT2D eigenvalue weighted by Crippen LogP contribution is -2.63. The summed E-state index contributed by atoms with van der Waals surface area (Å²) in [5, 5.41) is 2.87. The zero-order valence-electron chi connectivity index (χ0n) is 18.1. The number of amides is 1. The molecule has 0 aromatic carbocycles. The average molecular weight is 414 g/mol. The Bertz CT molecular complexity index is 911. The fourth-order valence-electron chi connectivity index (χ4n) is 8.65. The van der Waals surface area contributed by atoms with Crippen LogP contribution in [0.4, 0.5) is 0 Å². The smallest absolute Gasteiger partial charge is 0.306 e. The van der Waals surface area contributed by atoms with Crippen molar-refractivity contribution in [2.75, 3.05) is 7.05 Å². The summed E-state index contributed by atoms with van der Waals surface area (Å²) in [5.41, 5.74) is -0.0347. The molecule has 0 radical (unpaired) electrons. The second-order valence-electron chi connectivity index (χ2n) is 11.0. The monoisotopic (exact) mass is 413 g/mol. The minimum Gasteiger partial charge on any atom is -0.458 e. The Labute approximate surface area is 177 Å². The van der Waals surface area contributed by atoms with Crippen molar-refractivity contribution in [2.24, 2.45) is 28.6 Å². The largest absolute Gasteiger partial charge is 0.458 e. The molecule has 5 fully saturated rings. The van der Waals surface area contributed by atoms with E-state index in [4.69, 9.17) is 9.47 Å². The Morgan fingerprint density at radius 3 is 2.67 bits per heavy atom. The van der Waals surface area contributed by atoms with E-state index >= 15 is 0 Å². The highest BCUT2D eigenvalue weighted by Crippen LogP contribution is 2.77. The number of fused-ring (bicyclic) bond motifs is 4. The first-order chi connectivity index (χ1) is 14.2. The first kappa shape index (κ1) is 19.0. The predicted octanol–water partition coefficient (Wildman–Crippen LogP) is 2.70. The lowest BCUT2D eigenvalue weighted by atomic mass is 9.44. The van der Waals surface area contributed by atoms with Gasteiger partial charge in [0.1, 0.15) is 17.0 Å². The Kier molecular flexibility index (Phi) is 3.53. The van der Waals surface area contributed by atoms with Crippen LogP contribution in [0.5, 0.6) is 0 Å². The fraction of sp³-hybridized carbons (Fsp3) is 0.792. The van der Waals surface area contributed by atoms with Crippen molar-refractivity contribution in [3.63, 3.8) is 0 Å². The number of epoxide rings is 1. The van der Waals surface area contributed by atoms with Gasteiger partial charge in [0.15, 0.2) is 0 Å². The molecule has 1 N–H and O–H groups in total. The molecule has 0 aromatic heterocycles. The number of Topliss-reactive ketones (excluding diaryl/α,β-unsaturated/α-hetero) is 1. The average Bonchev–Trinajstić information content (AvgIpc) is 3.20. The van der Waals surface area contributed by atoms with Crippen LogP contribution in [0, 0.1) is 28.6 Å². The number of hydrogen-bond donors (Lipinski definition) is 1. The number of carbonyl (C=O) groups excluding carboxylic acids is 3. The van der Waals surface area contributed by atoms with Crippen LogP contribution in [0.3, 0.4) is 0 Å². The molecule has 2 saturated heterocycles. The number of ketones is 1. The van der Waals surface area contributed by atoms with Crippen LogP contribution in [0.25, 0.3) is 0 Å². The van der Waals surface area contributed by atoms with Gasteiger partial charge >= 0.3 is 5.97 Å². The topological polar surface area (TPSA) is 85.0 Å². The van der Waals surface area contributed by atoms with Crippen LogP contribution in [0.15, 0.2) is 11.6 Å². The van der Waals surface area contributed by atoms with Gasteiger partial charge in [-0.15, -0.1) is 0 Å². The van der Waals surface area contributed by atoms with Gasteiger partial charge in [-0.1, -0.05) is 25.5 Å². The highest BCUT2D eigenvalue weighted by Gasteiger charge is 2.82. The van der Waals surface area contributed by atoms with Crippen LogP contribution in [0.1, 0.15) is 65.2 Å². The van der Waals surface area contributed by atoms with Gasteiger partial charge in [-0.25, -0.2) is 0 Å². The maximum atomic E-state index is 13.1. The summed E-state index contributed by atoms with van der Waals surface area (Å²) in [6, 6.07) is 0. The molecule has 8 atom stereocenters. The first-order valence-electron chi connectivity index (χ1n) is 11.5. The Hall–Kier alpha value is -1.69. The van der Waals surface area contributed by atoms with Gasteiger partial charge in [0.05, 0.1) is 12.0 Å². The third-order valence-corrected chi connectivity index (χ3v) is 10.2. The highest BCUT2D eigenvalue weighted by molar-refractivity contribution is 5.86. The van der Waals surface area contributed by atoms with Gasteiger partial charge in [-0.3, -0.25) is 14.4 Å². The third-order valence-electron chi connectivity index (χ3n) is 10.2. The number of carbonyl (C=O) groups is 3. The van der Waals surface area contributed by atoms with Crippen molar-refractivity contribution in [2.45, 2.75) is 82.5 Å². The summed E-state index contributed by atoms with van der Waals surface area (Å²) >= 11 is 0. The molecule has 6 heteroatoms. The van der Waals surface area contributed by atoms with E-state index in [1.54, 1.807) is 7.05 Å². The molecule has 162 valence electrons. The molecule has 6 rings (SSSR count). The van der Waals surface area contributed by atoms with Crippen molar-refractivity contribution < 1.29 is 23.9 Å². The summed E-state index contributed by atoms with van der Waals surface area (Å²) in [4.78, 5) is 37.5. The summed E-state index contributed by atoms with van der Waals surface area (Å²) in [6.07, 6.45) is 7.99. The molecular weight excluding hydrogens is 382 g/mol. The van der Waals surface area contributed by atoms with Crippen molar-refractivity contribution >= 4 is 17.7 Å². The maximum absolute atomic E-state index is 13.1. The fourth-order valence-corrected chi connectivity index (χ4v) is 8.65. The van der Waals surface area contributed by atoms with E-state index in [1.807, 2.05) is 0 Å². The van der Waals surface area contributed by atoms with Crippen LogP contribution < -0.4 is 5.32 Å². The van der Waals surface area contributed by atoms with Gasteiger partial charge in [-0.05, 0) is 38.0 Å². The number of ether oxygens (including phenoxy) is 2. The van der Waals surface area contributed by atoms with E-state index in [9.17, 15) is 14.4 Å². The van der Waals surface area contributed by atoms with E-state index < -0.39 is 5.60 Å². The molecule has 3 saturated carbocycles. The van der Waals surface area contributed by atoms with E-state index in [1.165, 1.54) is 0 Å². The maximum Gasteiger partial charge on any atom is 0.306 e. The molecule has 0 bridgehead atoms. The quantitative estimate of drug-likeness (QED) is 0.406. The van der Waals surface area contributed by atoms with E-state index in [-0.39, 0.29) is 57.9 Å². The van der Waals surface area contributed by atoms with Crippen molar-refractivity contribution in [1.82, 2.24) is 5.32 Å². The molecule has 6 nitrogen and oxygen atoms in total. The lowest BCUT2D eigenvalue weighted by molar-refractivity contribution is -0.166. The van der Waals surface area contributed by atoms with E-state index in [0.29, 0.717) is 19.3 Å². The second kappa shape index (κ2) is 5.56. The summed E-state index contributed by atoms with van der Waals surface area (Å²) in [5.74, 6) is 0.204. The summed E-state index contributed by atoms with van der Waals surface area (Å²) in [6.45, 7) is 4.54. The minimum atomic E-state index is -0.409. The number of esters is 1. The Morgan fingerprint density at radius 1 is 1.17 bits per heavy atom. The predicted molar refractivity (Wildman–Crippen MR) is 107 cm³/mol. The molecule has 2 unspecified atom stereocenters. The van der Waals surface area contributed by atoms with Gasteiger partial charge in [0, 0.05) is 43.1 Å². The van der Waals surface area contributed by atoms with Crippen LogP contribution in [-0.2, 0) is 23.9 Å². The molecule has 1 amide bonds. The molecule has 2 heterocycles. The molecule has 6 aliphatic rings. The third kappa shape index (κ3) is 1.94. The van der Waals surface area contributed by atoms with Gasteiger partial charge in [-0.2, -0.15) is 0 Å². The van der Waals surface area contributed by atoms with Crippen molar-refractivity contribution in [3.05, 3.63) is 11.6 Å². The first-order valence-corrected chi connectivity index (χ1v) is 11.5. The standard InChI is InChI=1S/C24H31NO5/c1-21-7-4-14(26)10-13(21)11-15(20(28)25-3)19-16-5-8-23(9-6-18(27)30-23)22(16,2)12-17-24(19,21)29-17/h11,15-17,19H,4-10,12H2,1-3H3,(H,25,28)/t15-,16?,17-,19?,21+,22+,23-,24-/m1/s1. The Morgan fingerprint density at radius 2 is 1.97 bits per heavy atom. The number of rotatable bonds is 1. The zero-order valence-corrected chi connectivity index (χ0v) is 18.1. The molecule has 2 spiro atoms. The van der Waals surface area contributed by atoms with Crippen LogP contribution in [0.2, 0.25) is 0 Å². The van der Waals surface area contributed by atoms with E-state index in [0.717, 1.165) is 37.7 Å². The molecule has 4 aliphatic carbocycles. The normalized spacial score (nSPS) is 53.2. The summed E-state index contributed by atoms with van der Waals surface area (Å²) < 4.78 is 12.7. The lowest BCUT2D eigenvalue weighted by Gasteiger charge is -2.57.